The molecule has 0 radical (unpaired) electrons. The van der Waals surface area contributed by atoms with Crippen molar-refractivity contribution in [3.8, 4) is 22.3 Å². The second-order valence-electron chi connectivity index (χ2n) is 19.3. The molecule has 1 fully saturated rings. The van der Waals surface area contributed by atoms with Gasteiger partial charge in [0.15, 0.2) is 0 Å². The average molecular weight is 754 g/mol. The zero-order valence-electron chi connectivity index (χ0n) is 33.7. The van der Waals surface area contributed by atoms with E-state index < -0.39 is 0 Å². The summed E-state index contributed by atoms with van der Waals surface area (Å²) in [5.41, 5.74) is 17.7. The van der Waals surface area contributed by atoms with Crippen LogP contribution in [0.5, 0.6) is 0 Å². The quantitative estimate of drug-likeness (QED) is 0.159. The van der Waals surface area contributed by atoms with Gasteiger partial charge in [-0.3, -0.25) is 0 Å². The third-order valence-electron chi connectivity index (χ3n) is 15.3. The number of benzene rings is 7. The molecule has 0 spiro atoms. The third-order valence-corrected chi connectivity index (χ3v) is 16.5. The Morgan fingerprint density at radius 1 is 0.667 bits per heavy atom. The summed E-state index contributed by atoms with van der Waals surface area (Å²) in [6, 6.07) is 51.5. The van der Waals surface area contributed by atoms with Crippen molar-refractivity contribution in [1.82, 2.24) is 0 Å². The van der Waals surface area contributed by atoms with E-state index in [1.165, 1.54) is 108 Å². The lowest BCUT2D eigenvalue weighted by Gasteiger charge is -2.59. The molecule has 1 aromatic heterocycles. The summed E-state index contributed by atoms with van der Waals surface area (Å²) in [6.45, 7) is 12.7. The number of rotatable bonds is 2. The van der Waals surface area contributed by atoms with Crippen molar-refractivity contribution in [2.45, 2.75) is 83.5 Å². The van der Waals surface area contributed by atoms with Crippen LogP contribution < -0.4 is 15.7 Å². The monoisotopic (exact) mass is 753 g/mol. The maximum atomic E-state index is 2.76. The van der Waals surface area contributed by atoms with Gasteiger partial charge in [0.2, 0.25) is 0 Å². The highest BCUT2D eigenvalue weighted by molar-refractivity contribution is 7.26. The van der Waals surface area contributed by atoms with Gasteiger partial charge in [0.05, 0.1) is 0 Å². The zero-order chi connectivity index (χ0) is 38.4. The molecule has 4 aliphatic rings. The topological polar surface area (TPSA) is 3.24 Å². The standard InChI is InChI=1S/C54H48BNS/c1-52(2,3)37-29-44-48-43(32-53(4)25-13-14-26-54(44,53)5)49-50-41(31-42-39-19-11-12-20-47(39)57-51(42)49)40-27-35-17-9-10-18-36(35)28-46(40)56(55(50)45(48)30-37)38-23-21-34(22-24-38)33-15-7-6-8-16-33/h6-12,15-24,27-31,43H,13-14,25-26,32H2,1-5H3. The van der Waals surface area contributed by atoms with Crippen LogP contribution in [0.4, 0.5) is 11.4 Å². The van der Waals surface area contributed by atoms with Crippen LogP contribution in [-0.4, -0.2) is 6.85 Å². The Morgan fingerprint density at radius 2 is 1.37 bits per heavy atom. The minimum absolute atomic E-state index is 0.0172. The van der Waals surface area contributed by atoms with E-state index in [9.17, 15) is 0 Å². The summed E-state index contributed by atoms with van der Waals surface area (Å²) in [4.78, 5) is 2.76. The highest BCUT2D eigenvalue weighted by atomic mass is 32.1. The van der Waals surface area contributed by atoms with Crippen molar-refractivity contribution < 1.29 is 0 Å². The fourth-order valence-corrected chi connectivity index (χ4v) is 13.3. The van der Waals surface area contributed by atoms with Crippen LogP contribution in [0.25, 0.3) is 53.2 Å². The molecule has 1 nitrogen and oxygen atoms in total. The van der Waals surface area contributed by atoms with Crippen molar-refractivity contribution in [2.24, 2.45) is 5.41 Å². The Kier molecular flexibility index (Phi) is 6.99. The molecule has 0 amide bonds. The first kappa shape index (κ1) is 34.0. The molecule has 278 valence electrons. The lowest BCUT2D eigenvalue weighted by Crippen LogP contribution is -2.64. The van der Waals surface area contributed by atoms with Gasteiger partial charge in [-0.2, -0.15) is 0 Å². The first-order chi connectivity index (χ1) is 27.6. The molecule has 1 saturated carbocycles. The van der Waals surface area contributed by atoms with Gasteiger partial charge in [-0.05, 0) is 133 Å². The van der Waals surface area contributed by atoms with Crippen LogP contribution in [0.3, 0.4) is 0 Å². The van der Waals surface area contributed by atoms with Gasteiger partial charge in [-0.15, -0.1) is 11.3 Å². The molecular weight excluding hydrogens is 705 g/mol. The lowest BCUT2D eigenvalue weighted by molar-refractivity contribution is 0.0603. The van der Waals surface area contributed by atoms with Crippen LogP contribution in [0, 0.1) is 5.41 Å². The van der Waals surface area contributed by atoms with E-state index in [1.54, 1.807) is 22.2 Å². The largest absolute Gasteiger partial charge is 0.376 e. The first-order valence-corrected chi connectivity index (χ1v) is 22.1. The van der Waals surface area contributed by atoms with E-state index in [2.05, 4.69) is 173 Å². The molecule has 8 aromatic rings. The number of hydrogen-bond donors (Lipinski definition) is 0. The first-order valence-electron chi connectivity index (χ1n) is 21.3. The minimum atomic E-state index is 0.0172. The molecule has 3 unspecified atom stereocenters. The summed E-state index contributed by atoms with van der Waals surface area (Å²) in [7, 11) is 0. The maximum absolute atomic E-state index is 2.76. The molecule has 57 heavy (non-hydrogen) atoms. The highest BCUT2D eigenvalue weighted by Gasteiger charge is 2.57. The van der Waals surface area contributed by atoms with Crippen molar-refractivity contribution in [3.63, 3.8) is 0 Å². The van der Waals surface area contributed by atoms with Crippen LogP contribution in [0.15, 0.2) is 133 Å². The number of anilines is 2. The van der Waals surface area contributed by atoms with Gasteiger partial charge in [0.25, 0.3) is 0 Å². The molecule has 0 bridgehead atoms. The van der Waals surface area contributed by atoms with E-state index in [0.717, 1.165) is 0 Å². The van der Waals surface area contributed by atoms with E-state index >= 15 is 0 Å². The highest BCUT2D eigenvalue weighted by Crippen LogP contribution is 2.64. The smallest absolute Gasteiger partial charge is 0.329 e. The molecule has 0 saturated heterocycles. The van der Waals surface area contributed by atoms with Gasteiger partial charge in [-0.1, -0.05) is 145 Å². The zero-order valence-corrected chi connectivity index (χ0v) is 34.6. The Balaban J connectivity index is 1.24. The average Bonchev–Trinajstić information content (AvgIpc) is 3.60. The SMILES string of the molecule is CC(C)(C)c1cc2c3c(c1)C1(C)CCCCC1(C)CC3c1c3c(cc4c1sc1ccccc14)-c1cc4ccccc4cc1N(c1ccc(-c4ccccc4)cc1)B23. The van der Waals surface area contributed by atoms with Crippen molar-refractivity contribution in [1.29, 1.82) is 0 Å². The minimum Gasteiger partial charge on any atom is -0.376 e. The fraction of sp³-hybridized carbons (Fsp3) is 0.259. The van der Waals surface area contributed by atoms with Crippen molar-refractivity contribution in [2.75, 3.05) is 4.81 Å². The van der Waals surface area contributed by atoms with Gasteiger partial charge >= 0.3 is 6.85 Å². The predicted octanol–water partition coefficient (Wildman–Crippen LogP) is 13.8. The Bertz CT molecular complexity index is 2970. The molecule has 7 aromatic carbocycles. The summed E-state index contributed by atoms with van der Waals surface area (Å²) >= 11 is 2.04. The summed E-state index contributed by atoms with van der Waals surface area (Å²) < 4.78 is 2.90. The number of fused-ring (bicyclic) bond motifs is 11. The summed E-state index contributed by atoms with van der Waals surface area (Å²) in [5.74, 6) is 0.353. The lowest BCUT2D eigenvalue weighted by atomic mass is 9.36. The molecule has 12 rings (SSSR count). The van der Waals surface area contributed by atoms with Crippen LogP contribution >= 0.6 is 11.3 Å². The number of nitrogens with zero attached hydrogens (tertiary/aromatic N) is 1. The Hall–Kier alpha value is -5.12. The normalized spacial score (nSPS) is 22.0. The third kappa shape index (κ3) is 4.64. The summed E-state index contributed by atoms with van der Waals surface area (Å²) in [6.07, 6.45) is 6.43. The van der Waals surface area contributed by atoms with Gasteiger partial charge in [0, 0.05) is 43.0 Å². The van der Waals surface area contributed by atoms with Gasteiger partial charge in [-0.25, -0.2) is 0 Å². The predicted molar refractivity (Wildman–Crippen MR) is 247 cm³/mol. The van der Waals surface area contributed by atoms with E-state index in [1.807, 2.05) is 11.3 Å². The number of hydrogen-bond acceptors (Lipinski definition) is 2. The van der Waals surface area contributed by atoms with Gasteiger partial charge in [0.1, 0.15) is 0 Å². The van der Waals surface area contributed by atoms with Crippen LogP contribution in [0.1, 0.15) is 94.9 Å². The second kappa shape index (κ2) is 11.7. The molecule has 2 aliphatic heterocycles. The Morgan fingerprint density at radius 3 is 2.16 bits per heavy atom. The van der Waals surface area contributed by atoms with Crippen molar-refractivity contribution >= 4 is 71.4 Å². The van der Waals surface area contributed by atoms with E-state index in [-0.39, 0.29) is 23.1 Å². The van der Waals surface area contributed by atoms with E-state index in [4.69, 9.17) is 0 Å². The molecule has 0 N–H and O–H groups in total. The molecule has 3 heterocycles. The Labute approximate surface area is 341 Å². The van der Waals surface area contributed by atoms with Gasteiger partial charge < -0.3 is 4.81 Å². The van der Waals surface area contributed by atoms with Crippen molar-refractivity contribution in [3.05, 3.63) is 156 Å². The van der Waals surface area contributed by atoms with E-state index in [0.29, 0.717) is 5.92 Å². The summed E-state index contributed by atoms with van der Waals surface area (Å²) in [5, 5.41) is 5.42. The fourth-order valence-electron chi connectivity index (χ4n) is 12.0. The second-order valence-corrected chi connectivity index (χ2v) is 20.3. The van der Waals surface area contributed by atoms with Crippen LogP contribution in [0.2, 0.25) is 0 Å². The molecular formula is C54H48BNS. The maximum Gasteiger partial charge on any atom is 0.329 e. The van der Waals surface area contributed by atoms with Crippen LogP contribution in [-0.2, 0) is 10.8 Å². The molecule has 3 atom stereocenters. The number of thiophene rings is 1. The molecule has 2 aliphatic carbocycles. The molecule has 3 heteroatoms.